The van der Waals surface area contributed by atoms with Crippen LogP contribution in [-0.2, 0) is 4.74 Å². The molecule has 0 spiro atoms. The molecule has 2 N–H and O–H groups in total. The largest absolute Gasteiger partial charge is 0.478 e. The number of carbonyl (C=O) groups is 1. The van der Waals surface area contributed by atoms with E-state index < -0.39 is 5.97 Å². The van der Waals surface area contributed by atoms with Gasteiger partial charge >= 0.3 is 5.97 Å². The SMILES string of the molecule is CCCOCCCNc1cccc(SC)c1C(=O)O. The van der Waals surface area contributed by atoms with Crippen molar-refractivity contribution in [1.29, 1.82) is 0 Å². The highest BCUT2D eigenvalue weighted by Crippen LogP contribution is 2.27. The first-order valence-corrected chi connectivity index (χ1v) is 7.65. The van der Waals surface area contributed by atoms with Crippen LogP contribution in [0.15, 0.2) is 23.1 Å². The lowest BCUT2D eigenvalue weighted by molar-refractivity contribution is 0.0694. The fraction of sp³-hybridized carbons (Fsp3) is 0.500. The van der Waals surface area contributed by atoms with Crippen LogP contribution >= 0.6 is 11.8 Å². The summed E-state index contributed by atoms with van der Waals surface area (Å²) in [6.07, 6.45) is 3.76. The molecule has 5 heteroatoms. The van der Waals surface area contributed by atoms with Crippen LogP contribution in [0.3, 0.4) is 0 Å². The van der Waals surface area contributed by atoms with Gasteiger partial charge in [-0.2, -0.15) is 0 Å². The quantitative estimate of drug-likeness (QED) is 0.538. The third kappa shape index (κ3) is 5.12. The summed E-state index contributed by atoms with van der Waals surface area (Å²) in [4.78, 5) is 12.1. The van der Waals surface area contributed by atoms with E-state index in [-0.39, 0.29) is 0 Å². The van der Waals surface area contributed by atoms with Crippen molar-refractivity contribution < 1.29 is 14.6 Å². The number of thioether (sulfide) groups is 1. The van der Waals surface area contributed by atoms with Gasteiger partial charge in [0, 0.05) is 30.3 Å². The third-order valence-corrected chi connectivity index (χ3v) is 3.37. The third-order valence-electron chi connectivity index (χ3n) is 2.59. The molecule has 106 valence electrons. The van der Waals surface area contributed by atoms with Crippen molar-refractivity contribution in [2.24, 2.45) is 0 Å². The molecule has 19 heavy (non-hydrogen) atoms. The Morgan fingerprint density at radius 3 is 2.84 bits per heavy atom. The Labute approximate surface area is 118 Å². The Hall–Kier alpha value is -1.20. The van der Waals surface area contributed by atoms with Crippen molar-refractivity contribution in [3.63, 3.8) is 0 Å². The van der Waals surface area contributed by atoms with Gasteiger partial charge in [-0.25, -0.2) is 4.79 Å². The van der Waals surface area contributed by atoms with Gasteiger partial charge in [-0.05, 0) is 31.2 Å². The van der Waals surface area contributed by atoms with Gasteiger partial charge in [0.25, 0.3) is 0 Å². The van der Waals surface area contributed by atoms with E-state index in [1.54, 1.807) is 6.07 Å². The first-order valence-electron chi connectivity index (χ1n) is 6.42. The van der Waals surface area contributed by atoms with Crippen molar-refractivity contribution >= 4 is 23.4 Å². The highest BCUT2D eigenvalue weighted by atomic mass is 32.2. The lowest BCUT2D eigenvalue weighted by Crippen LogP contribution is -2.10. The maximum Gasteiger partial charge on any atom is 0.338 e. The number of carboxylic acid groups (broad SMARTS) is 1. The number of carboxylic acids is 1. The molecule has 0 aromatic heterocycles. The first-order chi connectivity index (χ1) is 9.20. The second kappa shape index (κ2) is 8.82. The summed E-state index contributed by atoms with van der Waals surface area (Å²) in [5, 5.41) is 12.4. The van der Waals surface area contributed by atoms with E-state index in [0.717, 1.165) is 24.3 Å². The van der Waals surface area contributed by atoms with Crippen molar-refractivity contribution in [3.05, 3.63) is 23.8 Å². The number of benzene rings is 1. The Balaban J connectivity index is 2.55. The summed E-state index contributed by atoms with van der Waals surface area (Å²) in [5.41, 5.74) is 1.03. The van der Waals surface area contributed by atoms with E-state index >= 15 is 0 Å². The number of hydrogen-bond acceptors (Lipinski definition) is 4. The molecule has 0 atom stereocenters. The topological polar surface area (TPSA) is 58.6 Å². The molecule has 0 saturated carbocycles. The summed E-state index contributed by atoms with van der Waals surface area (Å²) in [7, 11) is 0. The van der Waals surface area contributed by atoms with Gasteiger partial charge in [-0.15, -0.1) is 11.8 Å². The zero-order valence-corrected chi connectivity index (χ0v) is 12.3. The highest BCUT2D eigenvalue weighted by Gasteiger charge is 2.14. The van der Waals surface area contributed by atoms with E-state index in [4.69, 9.17) is 4.74 Å². The average Bonchev–Trinajstić information content (AvgIpc) is 2.42. The predicted octanol–water partition coefficient (Wildman–Crippen LogP) is 3.34. The Bertz CT molecular complexity index is 410. The maximum absolute atomic E-state index is 11.3. The normalized spacial score (nSPS) is 10.4. The van der Waals surface area contributed by atoms with Gasteiger partial charge in [0.1, 0.15) is 0 Å². The summed E-state index contributed by atoms with van der Waals surface area (Å²) >= 11 is 1.44. The Kier molecular flexibility index (Phi) is 7.36. The first kappa shape index (κ1) is 15.9. The van der Waals surface area contributed by atoms with Crippen LogP contribution in [0.2, 0.25) is 0 Å². The maximum atomic E-state index is 11.3. The lowest BCUT2D eigenvalue weighted by Gasteiger charge is -2.12. The predicted molar refractivity (Wildman–Crippen MR) is 79.4 cm³/mol. The van der Waals surface area contributed by atoms with Gasteiger partial charge in [-0.3, -0.25) is 0 Å². The van der Waals surface area contributed by atoms with Crippen molar-refractivity contribution in [1.82, 2.24) is 0 Å². The van der Waals surface area contributed by atoms with Crippen LogP contribution in [0.1, 0.15) is 30.1 Å². The molecule has 1 aromatic carbocycles. The highest BCUT2D eigenvalue weighted by molar-refractivity contribution is 7.98. The van der Waals surface area contributed by atoms with Crippen LogP contribution in [0.25, 0.3) is 0 Å². The molecule has 0 aliphatic heterocycles. The molecule has 0 radical (unpaired) electrons. The minimum atomic E-state index is -0.894. The minimum absolute atomic E-state index is 0.351. The van der Waals surface area contributed by atoms with Crippen LogP contribution in [-0.4, -0.2) is 37.1 Å². The molecule has 0 aliphatic carbocycles. The fourth-order valence-electron chi connectivity index (χ4n) is 1.71. The minimum Gasteiger partial charge on any atom is -0.478 e. The van der Waals surface area contributed by atoms with Crippen molar-refractivity contribution in [2.45, 2.75) is 24.7 Å². The molecular formula is C14H21NO3S. The monoisotopic (exact) mass is 283 g/mol. The second-order valence-electron chi connectivity index (χ2n) is 4.08. The number of ether oxygens (including phenoxy) is 1. The second-order valence-corrected chi connectivity index (χ2v) is 4.93. The molecule has 0 bridgehead atoms. The van der Waals surface area contributed by atoms with Crippen molar-refractivity contribution in [3.8, 4) is 0 Å². The number of anilines is 1. The molecule has 1 aromatic rings. The van der Waals surface area contributed by atoms with Gasteiger partial charge in [0.15, 0.2) is 0 Å². The Morgan fingerprint density at radius 1 is 1.42 bits per heavy atom. The van der Waals surface area contributed by atoms with Gasteiger partial charge in [-0.1, -0.05) is 13.0 Å². The molecule has 0 saturated heterocycles. The smallest absolute Gasteiger partial charge is 0.338 e. The Morgan fingerprint density at radius 2 is 2.21 bits per heavy atom. The number of nitrogens with one attached hydrogen (secondary N) is 1. The molecule has 0 heterocycles. The molecular weight excluding hydrogens is 262 g/mol. The zero-order chi connectivity index (χ0) is 14.1. The van der Waals surface area contributed by atoms with Gasteiger partial charge < -0.3 is 15.2 Å². The molecule has 0 unspecified atom stereocenters. The summed E-state index contributed by atoms with van der Waals surface area (Å²) in [6, 6.07) is 5.49. The lowest BCUT2D eigenvalue weighted by atomic mass is 10.1. The summed E-state index contributed by atoms with van der Waals surface area (Å²) in [5.74, 6) is -0.894. The fourth-order valence-corrected chi connectivity index (χ4v) is 2.33. The zero-order valence-electron chi connectivity index (χ0n) is 11.4. The molecule has 0 fully saturated rings. The van der Waals surface area contributed by atoms with Crippen molar-refractivity contribution in [2.75, 3.05) is 31.3 Å². The number of hydrogen-bond donors (Lipinski definition) is 2. The standard InChI is InChI=1S/C14H21NO3S/c1-3-9-18-10-5-8-15-11-6-4-7-12(19-2)13(11)14(16)17/h4,6-7,15H,3,5,8-10H2,1-2H3,(H,16,17). The summed E-state index contributed by atoms with van der Waals surface area (Å²) in [6.45, 7) is 4.26. The van der Waals surface area contributed by atoms with E-state index in [9.17, 15) is 9.90 Å². The molecule has 0 amide bonds. The van der Waals surface area contributed by atoms with E-state index in [1.165, 1.54) is 11.8 Å². The van der Waals surface area contributed by atoms with E-state index in [0.29, 0.717) is 24.4 Å². The number of rotatable bonds is 9. The number of aromatic carboxylic acids is 1. The van der Waals surface area contributed by atoms with Crippen LogP contribution in [0, 0.1) is 0 Å². The van der Waals surface area contributed by atoms with E-state index in [2.05, 4.69) is 12.2 Å². The molecule has 1 rings (SSSR count). The summed E-state index contributed by atoms with van der Waals surface area (Å²) < 4.78 is 5.38. The molecule has 4 nitrogen and oxygen atoms in total. The van der Waals surface area contributed by atoms with Gasteiger partial charge in [0.05, 0.1) is 5.56 Å². The molecule has 0 aliphatic rings. The average molecular weight is 283 g/mol. The van der Waals surface area contributed by atoms with Crippen LogP contribution < -0.4 is 5.32 Å². The van der Waals surface area contributed by atoms with Gasteiger partial charge in [0.2, 0.25) is 0 Å². The van der Waals surface area contributed by atoms with E-state index in [1.807, 2.05) is 18.4 Å². The van der Waals surface area contributed by atoms with Crippen LogP contribution in [0.4, 0.5) is 5.69 Å². The van der Waals surface area contributed by atoms with Crippen LogP contribution in [0.5, 0.6) is 0 Å².